The van der Waals surface area contributed by atoms with Crippen molar-refractivity contribution in [2.24, 2.45) is 5.92 Å². The number of piperidine rings is 1. The highest BCUT2D eigenvalue weighted by Gasteiger charge is 2.15. The van der Waals surface area contributed by atoms with Gasteiger partial charge in [0.05, 0.1) is 5.02 Å². The van der Waals surface area contributed by atoms with E-state index in [0.717, 1.165) is 31.5 Å². The van der Waals surface area contributed by atoms with Crippen LogP contribution in [-0.2, 0) is 0 Å². The number of halogens is 3. The van der Waals surface area contributed by atoms with Crippen molar-refractivity contribution < 1.29 is 9.18 Å². The zero-order chi connectivity index (χ0) is 16.9. The number of benzene rings is 2. The van der Waals surface area contributed by atoms with Crippen LogP contribution in [0.25, 0.3) is 11.1 Å². The molecule has 1 saturated heterocycles. The molecule has 3 rings (SSSR count). The predicted molar refractivity (Wildman–Crippen MR) is 102 cm³/mol. The molecular formula is C19H21Cl2FN2O. The van der Waals surface area contributed by atoms with Crippen molar-refractivity contribution in [3.05, 3.63) is 58.9 Å². The molecule has 0 saturated carbocycles. The lowest BCUT2D eigenvalue weighted by molar-refractivity contribution is 0.0944. The number of hydrogen-bond donors (Lipinski definition) is 2. The molecular weight excluding hydrogens is 362 g/mol. The molecule has 1 fully saturated rings. The van der Waals surface area contributed by atoms with Crippen LogP contribution in [0.3, 0.4) is 0 Å². The maximum absolute atomic E-state index is 13.2. The topological polar surface area (TPSA) is 41.1 Å². The lowest BCUT2D eigenvalue weighted by Gasteiger charge is -2.22. The van der Waals surface area contributed by atoms with Crippen molar-refractivity contribution in [3.8, 4) is 11.1 Å². The molecule has 2 aromatic carbocycles. The number of nitrogens with one attached hydrogen (secondary N) is 2. The second-order valence-electron chi connectivity index (χ2n) is 6.11. The molecule has 1 heterocycles. The van der Waals surface area contributed by atoms with E-state index in [0.29, 0.717) is 28.6 Å². The van der Waals surface area contributed by atoms with E-state index in [4.69, 9.17) is 11.6 Å². The summed E-state index contributed by atoms with van der Waals surface area (Å²) in [6, 6.07) is 11.5. The van der Waals surface area contributed by atoms with E-state index < -0.39 is 0 Å². The van der Waals surface area contributed by atoms with Gasteiger partial charge in [0.25, 0.3) is 5.91 Å². The Hall–Kier alpha value is -1.62. The molecule has 1 aliphatic rings. The minimum absolute atomic E-state index is 0. The van der Waals surface area contributed by atoms with Crippen molar-refractivity contribution in [2.45, 2.75) is 12.8 Å². The molecule has 2 aromatic rings. The quantitative estimate of drug-likeness (QED) is 0.827. The molecule has 3 nitrogen and oxygen atoms in total. The average molecular weight is 383 g/mol. The fourth-order valence-corrected chi connectivity index (χ4v) is 3.25. The van der Waals surface area contributed by atoms with Crippen molar-refractivity contribution in [2.75, 3.05) is 19.6 Å². The van der Waals surface area contributed by atoms with Gasteiger partial charge in [-0.3, -0.25) is 4.79 Å². The van der Waals surface area contributed by atoms with Crippen LogP contribution >= 0.6 is 24.0 Å². The van der Waals surface area contributed by atoms with Gasteiger partial charge in [-0.15, -0.1) is 12.4 Å². The summed E-state index contributed by atoms with van der Waals surface area (Å²) in [4.78, 5) is 12.4. The van der Waals surface area contributed by atoms with Crippen molar-refractivity contribution in [3.63, 3.8) is 0 Å². The maximum Gasteiger partial charge on any atom is 0.251 e. The van der Waals surface area contributed by atoms with Crippen LogP contribution < -0.4 is 10.6 Å². The maximum atomic E-state index is 13.2. The number of carbonyl (C=O) groups excluding carboxylic acids is 1. The van der Waals surface area contributed by atoms with Crippen molar-refractivity contribution in [1.82, 2.24) is 10.6 Å². The third-order valence-electron chi connectivity index (χ3n) is 4.38. The van der Waals surface area contributed by atoms with Crippen LogP contribution in [0, 0.1) is 11.7 Å². The van der Waals surface area contributed by atoms with E-state index in [1.165, 1.54) is 12.1 Å². The second kappa shape index (κ2) is 9.18. The Morgan fingerprint density at radius 2 is 1.96 bits per heavy atom. The van der Waals surface area contributed by atoms with E-state index in [2.05, 4.69) is 10.6 Å². The number of amides is 1. The van der Waals surface area contributed by atoms with Crippen LogP contribution in [0.15, 0.2) is 42.5 Å². The van der Waals surface area contributed by atoms with E-state index in [9.17, 15) is 9.18 Å². The van der Waals surface area contributed by atoms with E-state index in [-0.39, 0.29) is 24.1 Å². The van der Waals surface area contributed by atoms with E-state index in [1.54, 1.807) is 18.2 Å². The number of carbonyl (C=O) groups is 1. The molecule has 0 bridgehead atoms. The van der Waals surface area contributed by atoms with Crippen LogP contribution in [0.2, 0.25) is 5.02 Å². The summed E-state index contributed by atoms with van der Waals surface area (Å²) in [5, 5.41) is 6.66. The molecule has 0 radical (unpaired) electrons. The van der Waals surface area contributed by atoms with E-state index in [1.807, 2.05) is 12.1 Å². The summed E-state index contributed by atoms with van der Waals surface area (Å²) in [6.07, 6.45) is 2.18. The fourth-order valence-electron chi connectivity index (χ4n) is 2.98. The zero-order valence-electron chi connectivity index (χ0n) is 13.7. The summed E-state index contributed by atoms with van der Waals surface area (Å²) < 4.78 is 13.2. The van der Waals surface area contributed by atoms with Gasteiger partial charge in [0.15, 0.2) is 0 Å². The first-order valence-electron chi connectivity index (χ1n) is 8.18. The molecule has 0 unspecified atom stereocenters. The van der Waals surface area contributed by atoms with Gasteiger partial charge in [0.2, 0.25) is 0 Å². The summed E-state index contributed by atoms with van der Waals surface area (Å²) in [5.74, 6) is 0.0677. The Bertz CT molecular complexity index is 733. The minimum Gasteiger partial charge on any atom is -0.352 e. The van der Waals surface area contributed by atoms with Gasteiger partial charge >= 0.3 is 0 Å². The summed E-state index contributed by atoms with van der Waals surface area (Å²) in [6.45, 7) is 2.72. The fraction of sp³-hybridized carbons (Fsp3) is 0.316. The average Bonchev–Trinajstić information content (AvgIpc) is 2.60. The Balaban J connectivity index is 0.00000225. The molecule has 6 heteroatoms. The highest BCUT2D eigenvalue weighted by Crippen LogP contribution is 2.29. The van der Waals surface area contributed by atoms with E-state index >= 15 is 0 Å². The largest absolute Gasteiger partial charge is 0.352 e. The van der Waals surface area contributed by atoms with Gasteiger partial charge in [-0.05, 0) is 67.7 Å². The molecule has 1 aliphatic heterocycles. The van der Waals surface area contributed by atoms with Crippen LogP contribution in [0.4, 0.5) is 4.39 Å². The molecule has 0 atom stereocenters. The first-order chi connectivity index (χ1) is 11.6. The standard InChI is InChI=1S/C19H20ClFN2O.ClH/c20-18-11-16(21)4-5-17(18)14-2-1-3-15(10-14)19(24)23-12-13-6-8-22-9-7-13;/h1-5,10-11,13,22H,6-9,12H2,(H,23,24);1H. The van der Waals surface area contributed by atoms with Crippen LogP contribution in [0.1, 0.15) is 23.2 Å². The summed E-state index contributed by atoms with van der Waals surface area (Å²) in [5.41, 5.74) is 2.10. The smallest absolute Gasteiger partial charge is 0.251 e. The van der Waals surface area contributed by atoms with Gasteiger partial charge < -0.3 is 10.6 Å². The zero-order valence-corrected chi connectivity index (χ0v) is 15.3. The van der Waals surface area contributed by atoms with Crippen LogP contribution in [0.5, 0.6) is 0 Å². The van der Waals surface area contributed by atoms with Crippen molar-refractivity contribution >= 4 is 29.9 Å². The Morgan fingerprint density at radius 3 is 2.68 bits per heavy atom. The molecule has 25 heavy (non-hydrogen) atoms. The highest BCUT2D eigenvalue weighted by atomic mass is 35.5. The number of hydrogen-bond acceptors (Lipinski definition) is 2. The molecule has 0 aliphatic carbocycles. The Kier molecular flexibility index (Phi) is 7.24. The Morgan fingerprint density at radius 1 is 1.20 bits per heavy atom. The SMILES string of the molecule is Cl.O=C(NCC1CCNCC1)c1cccc(-c2ccc(F)cc2Cl)c1. The lowest BCUT2D eigenvalue weighted by Crippen LogP contribution is -2.35. The second-order valence-corrected chi connectivity index (χ2v) is 6.52. The number of rotatable bonds is 4. The summed E-state index contributed by atoms with van der Waals surface area (Å²) in [7, 11) is 0. The Labute approximate surface area is 158 Å². The monoisotopic (exact) mass is 382 g/mol. The van der Waals surface area contributed by atoms with Gasteiger partial charge in [0.1, 0.15) is 5.82 Å². The first-order valence-corrected chi connectivity index (χ1v) is 8.55. The minimum atomic E-state index is -0.375. The first kappa shape index (κ1) is 19.7. The third-order valence-corrected chi connectivity index (χ3v) is 4.69. The van der Waals surface area contributed by atoms with Gasteiger partial charge in [-0.1, -0.05) is 23.7 Å². The molecule has 0 aromatic heterocycles. The molecule has 0 spiro atoms. The third kappa shape index (κ3) is 5.18. The van der Waals surface area contributed by atoms with Gasteiger partial charge in [-0.2, -0.15) is 0 Å². The predicted octanol–water partition coefficient (Wildman–Crippen LogP) is 4.30. The van der Waals surface area contributed by atoms with Gasteiger partial charge in [0, 0.05) is 17.7 Å². The molecule has 1 amide bonds. The van der Waals surface area contributed by atoms with Crippen molar-refractivity contribution in [1.29, 1.82) is 0 Å². The summed E-state index contributed by atoms with van der Waals surface area (Å²) >= 11 is 6.11. The van der Waals surface area contributed by atoms with Gasteiger partial charge in [-0.25, -0.2) is 4.39 Å². The molecule has 2 N–H and O–H groups in total. The molecule has 134 valence electrons. The normalized spacial score (nSPS) is 14.6. The highest BCUT2D eigenvalue weighted by molar-refractivity contribution is 6.33. The van der Waals surface area contributed by atoms with Crippen LogP contribution in [-0.4, -0.2) is 25.5 Å². The lowest BCUT2D eigenvalue weighted by atomic mass is 9.98.